The maximum atomic E-state index is 12.4. The number of benzene rings is 2. The first-order valence-electron chi connectivity index (χ1n) is 6.96. The molecular weight excluding hydrogens is 389 g/mol. The van der Waals surface area contributed by atoms with Crippen LogP contribution in [0.1, 0.15) is 5.56 Å². The minimum atomic E-state index is -3.86. The van der Waals surface area contributed by atoms with Gasteiger partial charge in [0.05, 0.1) is 15.9 Å². The molecule has 0 saturated heterocycles. The molecule has 2 aromatic carbocycles. The van der Waals surface area contributed by atoms with Gasteiger partial charge in [-0.25, -0.2) is 13.1 Å². The maximum absolute atomic E-state index is 12.4. The number of sulfonamides is 1. The van der Waals surface area contributed by atoms with Gasteiger partial charge in [0.1, 0.15) is 0 Å². The van der Waals surface area contributed by atoms with Gasteiger partial charge < -0.3 is 9.97 Å². The van der Waals surface area contributed by atoms with Gasteiger partial charge in [0, 0.05) is 16.6 Å². The second kappa shape index (κ2) is 6.64. The van der Waals surface area contributed by atoms with Crippen molar-refractivity contribution >= 4 is 44.3 Å². The van der Waals surface area contributed by atoms with E-state index in [1.165, 1.54) is 24.3 Å². The van der Waals surface area contributed by atoms with Crippen molar-refractivity contribution in [1.29, 1.82) is 0 Å². The third kappa shape index (κ3) is 3.77. The van der Waals surface area contributed by atoms with Gasteiger partial charge in [0.25, 0.3) is 0 Å². The molecule has 0 spiro atoms. The summed E-state index contributed by atoms with van der Waals surface area (Å²) in [4.78, 5) is 27.3. The Bertz CT molecular complexity index is 1190. The molecule has 0 amide bonds. The second-order valence-electron chi connectivity index (χ2n) is 5.18. The van der Waals surface area contributed by atoms with Gasteiger partial charge in [-0.1, -0.05) is 29.3 Å². The van der Waals surface area contributed by atoms with Crippen LogP contribution in [0.3, 0.4) is 0 Å². The Balaban J connectivity index is 1.91. The third-order valence-corrected chi connectivity index (χ3v) is 5.46. The first-order valence-corrected chi connectivity index (χ1v) is 9.20. The van der Waals surface area contributed by atoms with Crippen LogP contribution < -0.4 is 15.8 Å². The van der Waals surface area contributed by atoms with Crippen LogP contribution in [0.5, 0.6) is 0 Å². The number of halogens is 2. The summed E-state index contributed by atoms with van der Waals surface area (Å²) in [5, 5.41) is 0.791. The molecule has 25 heavy (non-hydrogen) atoms. The minimum Gasteiger partial charge on any atom is -0.316 e. The summed E-state index contributed by atoms with van der Waals surface area (Å²) in [5.74, 6) is 0. The van der Waals surface area contributed by atoms with Gasteiger partial charge in [-0.2, -0.15) is 0 Å². The van der Waals surface area contributed by atoms with Crippen molar-refractivity contribution in [3.8, 4) is 0 Å². The van der Waals surface area contributed by atoms with Gasteiger partial charge in [0.15, 0.2) is 0 Å². The van der Waals surface area contributed by atoms with E-state index >= 15 is 0 Å². The molecule has 3 rings (SSSR count). The number of fused-ring (bicyclic) bond motifs is 1. The lowest BCUT2D eigenvalue weighted by Crippen LogP contribution is -2.29. The van der Waals surface area contributed by atoms with Gasteiger partial charge in [-0.05, 0) is 35.9 Å². The van der Waals surface area contributed by atoms with Gasteiger partial charge in [-0.15, -0.1) is 0 Å². The largest absolute Gasteiger partial charge is 0.316 e. The van der Waals surface area contributed by atoms with Crippen LogP contribution in [-0.4, -0.2) is 18.4 Å². The fourth-order valence-electron chi connectivity index (χ4n) is 2.18. The molecule has 0 bridgehead atoms. The first kappa shape index (κ1) is 17.7. The van der Waals surface area contributed by atoms with Crippen molar-refractivity contribution in [2.24, 2.45) is 0 Å². The fourth-order valence-corrected chi connectivity index (χ4v) is 3.69. The lowest BCUT2D eigenvalue weighted by atomic mass is 10.2. The fraction of sp³-hybridized carbons (Fsp3) is 0.0667. The molecule has 1 heterocycles. The summed E-state index contributed by atoms with van der Waals surface area (Å²) in [7, 11) is -3.86. The van der Waals surface area contributed by atoms with E-state index in [4.69, 9.17) is 23.2 Å². The lowest BCUT2D eigenvalue weighted by molar-refractivity contribution is 0.581. The molecule has 0 atom stereocenters. The average Bonchev–Trinajstić information content (AvgIpc) is 2.54. The zero-order valence-electron chi connectivity index (χ0n) is 12.5. The topological polar surface area (TPSA) is 112 Å². The molecule has 130 valence electrons. The quantitative estimate of drug-likeness (QED) is 0.582. The highest BCUT2D eigenvalue weighted by molar-refractivity contribution is 7.89. The van der Waals surface area contributed by atoms with Crippen LogP contribution in [0.2, 0.25) is 10.0 Å². The maximum Gasteiger partial charge on any atom is 0.314 e. The Labute approximate surface area is 151 Å². The van der Waals surface area contributed by atoms with E-state index in [2.05, 4.69) is 14.7 Å². The van der Waals surface area contributed by atoms with Crippen LogP contribution in [0.4, 0.5) is 0 Å². The Morgan fingerprint density at radius 2 is 1.60 bits per heavy atom. The SMILES string of the molecule is O=c1[nH]c2ccc(S(=O)(=O)NCc3ccc(Cl)cc3Cl)cc2[nH]c1=O. The number of hydrogen-bond acceptors (Lipinski definition) is 4. The predicted molar refractivity (Wildman–Crippen MR) is 95.7 cm³/mol. The Kier molecular flexibility index (Phi) is 4.70. The van der Waals surface area contributed by atoms with Crippen LogP contribution in [0.15, 0.2) is 50.9 Å². The number of hydrogen-bond donors (Lipinski definition) is 3. The highest BCUT2D eigenvalue weighted by Gasteiger charge is 2.15. The molecule has 0 fully saturated rings. The van der Waals surface area contributed by atoms with Crippen molar-refractivity contribution < 1.29 is 8.42 Å². The van der Waals surface area contributed by atoms with E-state index in [0.717, 1.165) is 0 Å². The van der Waals surface area contributed by atoms with E-state index in [-0.39, 0.29) is 17.0 Å². The van der Waals surface area contributed by atoms with E-state index in [0.29, 0.717) is 21.1 Å². The van der Waals surface area contributed by atoms with E-state index < -0.39 is 21.1 Å². The zero-order chi connectivity index (χ0) is 18.2. The molecule has 3 aromatic rings. The smallest absolute Gasteiger partial charge is 0.314 e. The van der Waals surface area contributed by atoms with Crippen LogP contribution in [0, 0.1) is 0 Å². The van der Waals surface area contributed by atoms with Crippen molar-refractivity contribution in [1.82, 2.24) is 14.7 Å². The molecule has 1 aromatic heterocycles. The van der Waals surface area contributed by atoms with Crippen LogP contribution >= 0.6 is 23.2 Å². The number of aromatic nitrogens is 2. The molecule has 7 nitrogen and oxygen atoms in total. The highest BCUT2D eigenvalue weighted by Crippen LogP contribution is 2.21. The third-order valence-electron chi connectivity index (χ3n) is 3.47. The molecule has 0 aliphatic rings. The summed E-state index contributed by atoms with van der Waals surface area (Å²) < 4.78 is 27.3. The predicted octanol–water partition coefficient (Wildman–Crippen LogP) is 2.00. The highest BCUT2D eigenvalue weighted by atomic mass is 35.5. The minimum absolute atomic E-state index is 0.0293. The molecule has 0 unspecified atom stereocenters. The normalized spacial score (nSPS) is 11.8. The zero-order valence-corrected chi connectivity index (χ0v) is 14.8. The van der Waals surface area contributed by atoms with E-state index in [1.807, 2.05) is 0 Å². The molecule has 3 N–H and O–H groups in total. The standard InChI is InChI=1S/C15H11Cl2N3O4S/c16-9-2-1-8(11(17)5-9)7-18-25(23,24)10-3-4-12-13(6-10)20-15(22)14(21)19-12/h1-6,18H,7H2,(H,19,21)(H,20,22). The van der Waals surface area contributed by atoms with E-state index in [1.54, 1.807) is 12.1 Å². The molecule has 0 aliphatic carbocycles. The van der Waals surface area contributed by atoms with Gasteiger partial charge in [-0.3, -0.25) is 9.59 Å². The van der Waals surface area contributed by atoms with Crippen LogP contribution in [0.25, 0.3) is 11.0 Å². The number of H-pyrrole nitrogens is 2. The lowest BCUT2D eigenvalue weighted by Gasteiger charge is -2.09. The average molecular weight is 400 g/mol. The van der Waals surface area contributed by atoms with Crippen molar-refractivity contribution in [2.45, 2.75) is 11.4 Å². The molecule has 0 radical (unpaired) electrons. The molecule has 0 saturated carbocycles. The van der Waals surface area contributed by atoms with Gasteiger partial charge in [0.2, 0.25) is 10.0 Å². The van der Waals surface area contributed by atoms with Crippen molar-refractivity contribution in [3.63, 3.8) is 0 Å². The first-order chi connectivity index (χ1) is 11.8. The number of rotatable bonds is 4. The molecule has 0 aliphatic heterocycles. The number of nitrogens with one attached hydrogen (secondary N) is 3. The summed E-state index contributed by atoms with van der Waals surface area (Å²) in [6.07, 6.45) is 0. The molecule has 10 heteroatoms. The van der Waals surface area contributed by atoms with Gasteiger partial charge >= 0.3 is 11.1 Å². The van der Waals surface area contributed by atoms with E-state index in [9.17, 15) is 18.0 Å². The van der Waals surface area contributed by atoms with Crippen molar-refractivity contribution in [2.75, 3.05) is 0 Å². The Morgan fingerprint density at radius 3 is 2.28 bits per heavy atom. The Hall–Kier alpha value is -2.13. The van der Waals surface area contributed by atoms with Crippen molar-refractivity contribution in [3.05, 3.63) is 72.7 Å². The monoisotopic (exact) mass is 399 g/mol. The summed E-state index contributed by atoms with van der Waals surface area (Å²) >= 11 is 11.8. The summed E-state index contributed by atoms with van der Waals surface area (Å²) in [5.41, 5.74) is -0.573. The Morgan fingerprint density at radius 1 is 0.920 bits per heavy atom. The number of aromatic amines is 2. The summed E-state index contributed by atoms with van der Waals surface area (Å²) in [6.45, 7) is -0.0293. The molecular formula is C15H11Cl2N3O4S. The van der Waals surface area contributed by atoms with Crippen LogP contribution in [-0.2, 0) is 16.6 Å². The summed E-state index contributed by atoms with van der Waals surface area (Å²) in [6, 6.07) is 8.73. The second-order valence-corrected chi connectivity index (χ2v) is 7.79.